The molecule has 1 fully saturated rings. The van der Waals surface area contributed by atoms with Crippen molar-refractivity contribution < 1.29 is 14.1 Å². The van der Waals surface area contributed by atoms with Gasteiger partial charge in [-0.3, -0.25) is 14.9 Å². The Morgan fingerprint density at radius 3 is 2.76 bits per heavy atom. The third kappa shape index (κ3) is 4.50. The summed E-state index contributed by atoms with van der Waals surface area (Å²) in [5.74, 6) is 0.907. The van der Waals surface area contributed by atoms with E-state index in [0.29, 0.717) is 18.8 Å². The Labute approximate surface area is 149 Å². The number of carbonyl (C=O) groups excluding carboxylic acids is 2. The Morgan fingerprint density at radius 1 is 1.12 bits per heavy atom. The van der Waals surface area contributed by atoms with Crippen molar-refractivity contribution in [3.8, 4) is 0 Å². The van der Waals surface area contributed by atoms with E-state index in [1.807, 2.05) is 0 Å². The first-order chi connectivity index (χ1) is 12.2. The van der Waals surface area contributed by atoms with Gasteiger partial charge in [-0.1, -0.05) is 50.6 Å². The summed E-state index contributed by atoms with van der Waals surface area (Å²) >= 11 is 0. The molecule has 2 amide bonds. The minimum absolute atomic E-state index is 0.180. The topological polar surface area (TPSA) is 72.2 Å². The van der Waals surface area contributed by atoms with Crippen LogP contribution in [0.5, 0.6) is 0 Å². The Kier molecular flexibility index (Phi) is 6.27. The third-order valence-electron chi connectivity index (χ3n) is 5.69. The number of imide groups is 1. The fraction of sp³-hybridized carbons (Fsp3) is 0.750. The van der Waals surface area contributed by atoms with Crippen LogP contribution in [0.4, 0.5) is 0 Å². The maximum atomic E-state index is 12.2. The lowest BCUT2D eigenvalue weighted by Gasteiger charge is -2.20. The van der Waals surface area contributed by atoms with Crippen LogP contribution in [0.2, 0.25) is 0 Å². The van der Waals surface area contributed by atoms with E-state index in [1.54, 1.807) is 0 Å². The van der Waals surface area contributed by atoms with Gasteiger partial charge in [0.25, 0.3) is 0 Å². The van der Waals surface area contributed by atoms with Crippen molar-refractivity contribution in [1.29, 1.82) is 0 Å². The number of amides is 2. The molecule has 1 N–H and O–H groups in total. The van der Waals surface area contributed by atoms with Gasteiger partial charge < -0.3 is 4.52 Å². The zero-order valence-corrected chi connectivity index (χ0v) is 15.3. The first kappa shape index (κ1) is 18.2. The second-order valence-corrected chi connectivity index (χ2v) is 7.64. The monoisotopic (exact) mass is 346 g/mol. The van der Waals surface area contributed by atoms with Crippen molar-refractivity contribution >= 4 is 11.8 Å². The number of unbranched alkanes of at least 4 members (excludes halogenated alkanes) is 4. The second-order valence-electron chi connectivity index (χ2n) is 7.64. The SMILES string of the molecule is CCCCCCCC1CCCc2onc(C3CCC(=O)NC3=O)c2C1. The van der Waals surface area contributed by atoms with Crippen molar-refractivity contribution in [2.24, 2.45) is 5.92 Å². The highest BCUT2D eigenvalue weighted by molar-refractivity contribution is 6.00. The van der Waals surface area contributed by atoms with Gasteiger partial charge >= 0.3 is 0 Å². The second kappa shape index (κ2) is 8.63. The molecule has 2 unspecified atom stereocenters. The maximum Gasteiger partial charge on any atom is 0.235 e. The predicted octanol–water partition coefficient (Wildman–Crippen LogP) is 4.05. The molecule has 0 spiro atoms. The van der Waals surface area contributed by atoms with Crippen LogP contribution in [-0.4, -0.2) is 17.0 Å². The van der Waals surface area contributed by atoms with Gasteiger partial charge in [0.05, 0.1) is 11.6 Å². The quantitative estimate of drug-likeness (QED) is 0.459. The Hall–Kier alpha value is -1.65. The number of nitrogens with zero attached hydrogens (tertiary/aromatic N) is 1. The van der Waals surface area contributed by atoms with Crippen LogP contribution in [-0.2, 0) is 22.4 Å². The van der Waals surface area contributed by atoms with Crippen molar-refractivity contribution in [1.82, 2.24) is 10.5 Å². The van der Waals surface area contributed by atoms with Gasteiger partial charge in [0.1, 0.15) is 5.76 Å². The van der Waals surface area contributed by atoms with E-state index in [-0.39, 0.29) is 17.7 Å². The summed E-state index contributed by atoms with van der Waals surface area (Å²) in [6.45, 7) is 2.25. The molecular weight excluding hydrogens is 316 g/mol. The summed E-state index contributed by atoms with van der Waals surface area (Å²) < 4.78 is 5.59. The van der Waals surface area contributed by atoms with Gasteiger partial charge in [0, 0.05) is 18.4 Å². The summed E-state index contributed by atoms with van der Waals surface area (Å²) in [5.41, 5.74) is 1.95. The molecule has 1 aliphatic carbocycles. The average molecular weight is 346 g/mol. The Balaban J connectivity index is 1.65. The van der Waals surface area contributed by atoms with Crippen molar-refractivity contribution in [2.75, 3.05) is 0 Å². The Bertz CT molecular complexity index is 608. The fourth-order valence-electron chi connectivity index (χ4n) is 4.23. The summed E-state index contributed by atoms with van der Waals surface area (Å²) in [4.78, 5) is 23.6. The molecule has 1 aliphatic heterocycles. The molecule has 138 valence electrons. The molecule has 0 bridgehead atoms. The van der Waals surface area contributed by atoms with Crippen molar-refractivity contribution in [3.05, 3.63) is 17.0 Å². The molecule has 5 nitrogen and oxygen atoms in total. The fourth-order valence-corrected chi connectivity index (χ4v) is 4.23. The number of hydrogen-bond acceptors (Lipinski definition) is 4. The van der Waals surface area contributed by atoms with E-state index in [9.17, 15) is 9.59 Å². The molecular formula is C20H30N2O3. The molecule has 0 radical (unpaired) electrons. The minimum Gasteiger partial charge on any atom is -0.361 e. The molecule has 0 aromatic carbocycles. The smallest absolute Gasteiger partial charge is 0.235 e. The number of rotatable bonds is 7. The van der Waals surface area contributed by atoms with Gasteiger partial charge in [0.2, 0.25) is 11.8 Å². The van der Waals surface area contributed by atoms with Crippen LogP contribution in [0.15, 0.2) is 4.52 Å². The van der Waals surface area contributed by atoms with E-state index in [0.717, 1.165) is 36.3 Å². The predicted molar refractivity (Wildman–Crippen MR) is 95.1 cm³/mol. The van der Waals surface area contributed by atoms with E-state index in [4.69, 9.17) is 4.52 Å². The molecule has 0 saturated carbocycles. The molecule has 5 heteroatoms. The maximum absolute atomic E-state index is 12.2. The average Bonchev–Trinajstić information content (AvgIpc) is 2.85. The molecule has 25 heavy (non-hydrogen) atoms. The molecule has 2 heterocycles. The third-order valence-corrected chi connectivity index (χ3v) is 5.69. The molecule has 1 aromatic rings. The lowest BCUT2D eigenvalue weighted by molar-refractivity contribution is -0.134. The van der Waals surface area contributed by atoms with Gasteiger partial charge in [-0.2, -0.15) is 0 Å². The number of piperidine rings is 1. The van der Waals surface area contributed by atoms with E-state index < -0.39 is 0 Å². The number of carbonyl (C=O) groups is 2. The minimum atomic E-state index is -0.325. The van der Waals surface area contributed by atoms with E-state index in [1.165, 1.54) is 44.9 Å². The number of fused-ring (bicyclic) bond motifs is 1. The van der Waals surface area contributed by atoms with Crippen molar-refractivity contribution in [2.45, 2.75) is 89.9 Å². The van der Waals surface area contributed by atoms with Crippen molar-refractivity contribution in [3.63, 3.8) is 0 Å². The van der Waals surface area contributed by atoms with Crippen LogP contribution in [0.1, 0.15) is 94.1 Å². The number of aryl methyl sites for hydroxylation is 1. The molecule has 2 atom stereocenters. The zero-order chi connectivity index (χ0) is 17.6. The van der Waals surface area contributed by atoms with E-state index >= 15 is 0 Å². The molecule has 3 rings (SSSR count). The zero-order valence-electron chi connectivity index (χ0n) is 15.3. The van der Waals surface area contributed by atoms with Crippen LogP contribution < -0.4 is 5.32 Å². The number of nitrogens with one attached hydrogen (secondary N) is 1. The molecule has 1 saturated heterocycles. The summed E-state index contributed by atoms with van der Waals surface area (Å²) in [7, 11) is 0. The van der Waals surface area contributed by atoms with Gasteiger partial charge in [-0.05, 0) is 31.6 Å². The van der Waals surface area contributed by atoms with Crippen LogP contribution in [0.25, 0.3) is 0 Å². The normalized spacial score (nSPS) is 23.9. The highest BCUT2D eigenvalue weighted by atomic mass is 16.5. The largest absolute Gasteiger partial charge is 0.361 e. The van der Waals surface area contributed by atoms with Gasteiger partial charge in [-0.15, -0.1) is 0 Å². The molecule has 1 aromatic heterocycles. The van der Waals surface area contributed by atoms with E-state index in [2.05, 4.69) is 17.4 Å². The number of aromatic nitrogens is 1. The summed E-state index contributed by atoms with van der Waals surface area (Å²) in [6, 6.07) is 0. The summed E-state index contributed by atoms with van der Waals surface area (Å²) in [6.07, 6.45) is 13.0. The molecule has 2 aliphatic rings. The van der Waals surface area contributed by atoms with Gasteiger partial charge in [-0.25, -0.2) is 0 Å². The lowest BCUT2D eigenvalue weighted by atomic mass is 9.87. The van der Waals surface area contributed by atoms with Gasteiger partial charge in [0.15, 0.2) is 0 Å². The first-order valence-corrected chi connectivity index (χ1v) is 10.00. The van der Waals surface area contributed by atoms with Crippen LogP contribution in [0.3, 0.4) is 0 Å². The summed E-state index contributed by atoms with van der Waals surface area (Å²) in [5, 5.41) is 6.69. The first-order valence-electron chi connectivity index (χ1n) is 10.00. The standard InChI is InChI=1S/C20H30N2O3/c1-2-3-4-5-6-8-14-9-7-10-17-16(13-14)19(22-25-17)15-11-12-18(23)21-20(15)24/h14-15H,2-13H2,1H3,(H,21,23,24). The highest BCUT2D eigenvalue weighted by Crippen LogP contribution is 2.35. The highest BCUT2D eigenvalue weighted by Gasteiger charge is 2.34. The van der Waals surface area contributed by atoms with Crippen LogP contribution >= 0.6 is 0 Å². The number of hydrogen-bond donors (Lipinski definition) is 1. The Morgan fingerprint density at radius 2 is 1.96 bits per heavy atom. The lowest BCUT2D eigenvalue weighted by Crippen LogP contribution is -2.39. The van der Waals surface area contributed by atoms with Crippen LogP contribution in [0, 0.1) is 5.92 Å².